The highest BCUT2D eigenvalue weighted by Crippen LogP contribution is 2.36. The summed E-state index contributed by atoms with van der Waals surface area (Å²) < 4.78 is 0. The van der Waals surface area contributed by atoms with E-state index in [-0.39, 0.29) is 0 Å². The van der Waals surface area contributed by atoms with Crippen LogP contribution in [0.3, 0.4) is 0 Å². The molecular weight excluding hydrogens is 267 g/mol. The van der Waals surface area contributed by atoms with Crippen molar-refractivity contribution in [1.29, 1.82) is 0 Å². The molecular formula is C14H20Cl2N2. The van der Waals surface area contributed by atoms with Gasteiger partial charge in [0, 0.05) is 11.5 Å². The molecule has 0 N–H and O–H groups in total. The fourth-order valence-corrected chi connectivity index (χ4v) is 3.42. The standard InChI is InChI=1S/C14H20Cl2N2/c1-3-9-5-7-10(8-6-9)14-17-12(15)11(4-2)13(16)18-14/h9-10H,3-8H2,1-2H3. The van der Waals surface area contributed by atoms with Crippen molar-refractivity contribution in [2.24, 2.45) is 5.92 Å². The van der Waals surface area contributed by atoms with E-state index in [0.717, 1.165) is 36.6 Å². The number of halogens is 2. The van der Waals surface area contributed by atoms with Crippen LogP contribution in [0, 0.1) is 5.92 Å². The molecule has 2 rings (SSSR count). The molecule has 0 aromatic carbocycles. The van der Waals surface area contributed by atoms with E-state index < -0.39 is 0 Å². The third-order valence-corrected chi connectivity index (χ3v) is 4.69. The smallest absolute Gasteiger partial charge is 0.137 e. The van der Waals surface area contributed by atoms with Crippen LogP contribution in [0.2, 0.25) is 10.3 Å². The zero-order valence-corrected chi connectivity index (χ0v) is 12.6. The molecule has 1 fully saturated rings. The van der Waals surface area contributed by atoms with Crippen LogP contribution in [-0.2, 0) is 6.42 Å². The van der Waals surface area contributed by atoms with Crippen LogP contribution < -0.4 is 0 Å². The second kappa shape index (κ2) is 6.21. The largest absolute Gasteiger partial charge is 0.221 e. The van der Waals surface area contributed by atoms with Gasteiger partial charge in [0.25, 0.3) is 0 Å². The second-order valence-corrected chi connectivity index (χ2v) is 5.84. The Morgan fingerprint density at radius 1 is 1.00 bits per heavy atom. The van der Waals surface area contributed by atoms with Gasteiger partial charge >= 0.3 is 0 Å². The molecule has 1 aliphatic rings. The molecule has 0 radical (unpaired) electrons. The lowest BCUT2D eigenvalue weighted by Gasteiger charge is -2.27. The molecule has 0 saturated heterocycles. The summed E-state index contributed by atoms with van der Waals surface area (Å²) in [6.07, 6.45) is 6.93. The summed E-state index contributed by atoms with van der Waals surface area (Å²) in [4.78, 5) is 8.90. The molecule has 1 aliphatic carbocycles. The first-order valence-corrected chi connectivity index (χ1v) is 7.63. The Bertz CT molecular complexity index is 389. The summed E-state index contributed by atoms with van der Waals surface area (Å²) >= 11 is 12.3. The summed E-state index contributed by atoms with van der Waals surface area (Å²) in [6, 6.07) is 0. The van der Waals surface area contributed by atoms with Gasteiger partial charge in [-0.2, -0.15) is 0 Å². The Balaban J connectivity index is 2.15. The van der Waals surface area contributed by atoms with Crippen LogP contribution in [0.1, 0.15) is 63.3 Å². The van der Waals surface area contributed by atoms with Crippen molar-refractivity contribution in [3.8, 4) is 0 Å². The van der Waals surface area contributed by atoms with Crippen LogP contribution in [0.15, 0.2) is 0 Å². The van der Waals surface area contributed by atoms with E-state index in [1.165, 1.54) is 19.3 Å². The summed E-state index contributed by atoms with van der Waals surface area (Å²) in [5, 5.41) is 1.07. The summed E-state index contributed by atoms with van der Waals surface area (Å²) in [5.74, 6) is 2.16. The molecule has 0 bridgehead atoms. The molecule has 0 atom stereocenters. The van der Waals surface area contributed by atoms with Crippen LogP contribution in [0.4, 0.5) is 0 Å². The highest BCUT2D eigenvalue weighted by atomic mass is 35.5. The number of rotatable bonds is 3. The maximum atomic E-state index is 6.17. The molecule has 0 aliphatic heterocycles. The van der Waals surface area contributed by atoms with E-state index in [1.807, 2.05) is 6.92 Å². The monoisotopic (exact) mass is 286 g/mol. The Morgan fingerprint density at radius 3 is 2.00 bits per heavy atom. The fourth-order valence-electron chi connectivity index (χ4n) is 2.75. The minimum atomic E-state index is 0.439. The zero-order valence-electron chi connectivity index (χ0n) is 11.0. The van der Waals surface area contributed by atoms with Crippen LogP contribution in [0.25, 0.3) is 0 Å². The normalized spacial score (nSPS) is 24.2. The Morgan fingerprint density at radius 2 is 1.56 bits per heavy atom. The third-order valence-electron chi connectivity index (χ3n) is 4.07. The average Bonchev–Trinajstić information content (AvgIpc) is 2.38. The minimum absolute atomic E-state index is 0.439. The lowest BCUT2D eigenvalue weighted by molar-refractivity contribution is 0.312. The molecule has 1 saturated carbocycles. The number of nitrogens with zero attached hydrogens (tertiary/aromatic N) is 2. The topological polar surface area (TPSA) is 25.8 Å². The Labute approximate surface area is 119 Å². The van der Waals surface area contributed by atoms with Gasteiger partial charge in [0.15, 0.2) is 0 Å². The van der Waals surface area contributed by atoms with Crippen molar-refractivity contribution >= 4 is 23.2 Å². The molecule has 1 aromatic heterocycles. The number of aromatic nitrogens is 2. The van der Waals surface area contributed by atoms with Crippen molar-refractivity contribution in [2.45, 2.75) is 58.3 Å². The first kappa shape index (κ1) is 14.1. The van der Waals surface area contributed by atoms with E-state index in [2.05, 4.69) is 16.9 Å². The van der Waals surface area contributed by atoms with E-state index in [4.69, 9.17) is 23.2 Å². The van der Waals surface area contributed by atoms with Crippen molar-refractivity contribution in [3.63, 3.8) is 0 Å². The van der Waals surface area contributed by atoms with E-state index >= 15 is 0 Å². The Hall–Kier alpha value is -0.340. The van der Waals surface area contributed by atoms with Crippen LogP contribution in [-0.4, -0.2) is 9.97 Å². The summed E-state index contributed by atoms with van der Waals surface area (Å²) in [7, 11) is 0. The van der Waals surface area contributed by atoms with Gasteiger partial charge in [-0.05, 0) is 38.0 Å². The molecule has 1 heterocycles. The average molecular weight is 287 g/mol. The highest BCUT2D eigenvalue weighted by molar-refractivity contribution is 6.34. The first-order valence-electron chi connectivity index (χ1n) is 6.87. The molecule has 100 valence electrons. The quantitative estimate of drug-likeness (QED) is 0.729. The fraction of sp³-hybridized carbons (Fsp3) is 0.714. The summed E-state index contributed by atoms with van der Waals surface area (Å²) in [5.41, 5.74) is 0.865. The van der Waals surface area contributed by atoms with Crippen LogP contribution in [0.5, 0.6) is 0 Å². The van der Waals surface area contributed by atoms with Gasteiger partial charge in [-0.3, -0.25) is 0 Å². The van der Waals surface area contributed by atoms with Crippen molar-refractivity contribution < 1.29 is 0 Å². The molecule has 0 amide bonds. The predicted molar refractivity (Wildman–Crippen MR) is 76.4 cm³/mol. The molecule has 2 nitrogen and oxygen atoms in total. The van der Waals surface area contributed by atoms with E-state index in [0.29, 0.717) is 16.2 Å². The molecule has 18 heavy (non-hydrogen) atoms. The van der Waals surface area contributed by atoms with Gasteiger partial charge in [-0.15, -0.1) is 0 Å². The molecule has 0 spiro atoms. The van der Waals surface area contributed by atoms with Crippen molar-refractivity contribution in [2.75, 3.05) is 0 Å². The van der Waals surface area contributed by atoms with E-state index in [1.54, 1.807) is 0 Å². The zero-order chi connectivity index (χ0) is 13.1. The van der Waals surface area contributed by atoms with Crippen LogP contribution >= 0.6 is 23.2 Å². The predicted octanol–water partition coefficient (Wildman–Crippen LogP) is 5.03. The summed E-state index contributed by atoms with van der Waals surface area (Å²) in [6.45, 7) is 4.29. The molecule has 0 unspecified atom stereocenters. The van der Waals surface area contributed by atoms with Gasteiger partial charge in [-0.1, -0.05) is 43.5 Å². The Kier molecular flexibility index (Phi) is 4.85. The van der Waals surface area contributed by atoms with E-state index in [9.17, 15) is 0 Å². The molecule has 1 aromatic rings. The molecule has 4 heteroatoms. The third kappa shape index (κ3) is 2.97. The van der Waals surface area contributed by atoms with Gasteiger partial charge in [0.2, 0.25) is 0 Å². The first-order chi connectivity index (χ1) is 8.65. The van der Waals surface area contributed by atoms with Gasteiger partial charge in [0.05, 0.1) is 0 Å². The number of hydrogen-bond acceptors (Lipinski definition) is 2. The highest BCUT2D eigenvalue weighted by Gasteiger charge is 2.24. The second-order valence-electron chi connectivity index (χ2n) is 5.12. The SMILES string of the molecule is CCc1c(Cl)nc(C2CCC(CC)CC2)nc1Cl. The number of hydrogen-bond donors (Lipinski definition) is 0. The lowest BCUT2D eigenvalue weighted by atomic mass is 9.80. The lowest BCUT2D eigenvalue weighted by Crippen LogP contribution is -2.15. The van der Waals surface area contributed by atoms with Gasteiger partial charge in [-0.25, -0.2) is 9.97 Å². The van der Waals surface area contributed by atoms with Crippen molar-refractivity contribution in [3.05, 3.63) is 21.7 Å². The maximum absolute atomic E-state index is 6.17. The maximum Gasteiger partial charge on any atom is 0.137 e. The minimum Gasteiger partial charge on any atom is -0.221 e. The van der Waals surface area contributed by atoms with Crippen molar-refractivity contribution in [1.82, 2.24) is 9.97 Å². The van der Waals surface area contributed by atoms with Gasteiger partial charge in [0.1, 0.15) is 16.1 Å². The van der Waals surface area contributed by atoms with Gasteiger partial charge < -0.3 is 0 Å².